The summed E-state index contributed by atoms with van der Waals surface area (Å²) in [6.07, 6.45) is 2.49. The van der Waals surface area contributed by atoms with E-state index in [1.807, 2.05) is 18.2 Å². The number of anilines is 1. The van der Waals surface area contributed by atoms with Crippen LogP contribution >= 0.6 is 11.6 Å². The third kappa shape index (κ3) is 2.81. The maximum absolute atomic E-state index is 13.3. The van der Waals surface area contributed by atoms with Gasteiger partial charge >= 0.3 is 0 Å². The second-order valence-electron chi connectivity index (χ2n) is 7.08. The number of benzene rings is 2. The molecule has 2 aromatic carbocycles. The first kappa shape index (κ1) is 17.1. The molecule has 3 aromatic rings. The van der Waals surface area contributed by atoms with Gasteiger partial charge in [0.25, 0.3) is 0 Å². The number of hydrogen-bond donors (Lipinski definition) is 1. The Labute approximate surface area is 165 Å². The molecule has 0 amide bonds. The normalized spacial score (nSPS) is 21.1. The van der Waals surface area contributed by atoms with Gasteiger partial charge in [0.05, 0.1) is 0 Å². The third-order valence-corrected chi connectivity index (χ3v) is 5.60. The summed E-state index contributed by atoms with van der Waals surface area (Å²) < 4.78 is 15.0. The zero-order valence-corrected chi connectivity index (χ0v) is 15.5. The molecule has 140 valence electrons. The van der Waals surface area contributed by atoms with Gasteiger partial charge in [-0.3, -0.25) is 4.79 Å². The molecule has 7 heteroatoms. The van der Waals surface area contributed by atoms with Gasteiger partial charge in [-0.15, -0.1) is 0 Å². The fourth-order valence-corrected chi connectivity index (χ4v) is 4.31. The number of halogens is 2. The second kappa shape index (κ2) is 6.56. The minimum absolute atomic E-state index is 0.00571. The van der Waals surface area contributed by atoms with E-state index in [2.05, 4.69) is 15.4 Å². The molecule has 2 atom stereocenters. The van der Waals surface area contributed by atoms with Crippen LogP contribution in [0.4, 0.5) is 10.3 Å². The topological polar surface area (TPSA) is 59.8 Å². The van der Waals surface area contributed by atoms with E-state index in [9.17, 15) is 9.18 Å². The van der Waals surface area contributed by atoms with Gasteiger partial charge in [0.2, 0.25) is 5.95 Å². The lowest BCUT2D eigenvalue weighted by atomic mass is 9.78. The number of carbonyl (C=O) groups is 1. The molecule has 2 unspecified atom stereocenters. The van der Waals surface area contributed by atoms with E-state index < -0.39 is 0 Å². The molecule has 0 saturated heterocycles. The van der Waals surface area contributed by atoms with Crippen LogP contribution in [0.1, 0.15) is 35.9 Å². The van der Waals surface area contributed by atoms with Crippen molar-refractivity contribution < 1.29 is 9.18 Å². The van der Waals surface area contributed by atoms with Gasteiger partial charge < -0.3 is 5.32 Å². The lowest BCUT2D eigenvalue weighted by molar-refractivity contribution is -0.116. The number of allylic oxidation sites excluding steroid dienone is 2. The van der Waals surface area contributed by atoms with Gasteiger partial charge in [-0.05, 0) is 47.7 Å². The highest BCUT2D eigenvalue weighted by molar-refractivity contribution is 6.30. The average molecular weight is 395 g/mol. The molecular formula is C21H16ClFN4O. The van der Waals surface area contributed by atoms with Crippen LogP contribution in [0, 0.1) is 5.82 Å². The van der Waals surface area contributed by atoms with Crippen LogP contribution in [0.5, 0.6) is 0 Å². The second-order valence-corrected chi connectivity index (χ2v) is 7.52. The van der Waals surface area contributed by atoms with Crippen molar-refractivity contribution in [1.82, 2.24) is 14.8 Å². The van der Waals surface area contributed by atoms with Crippen molar-refractivity contribution in [2.75, 3.05) is 5.32 Å². The Bertz CT molecular complexity index is 1110. The molecule has 5 rings (SSSR count). The third-order valence-electron chi connectivity index (χ3n) is 5.37. The summed E-state index contributed by atoms with van der Waals surface area (Å²) in [5.74, 6) is 0.356. The highest BCUT2D eigenvalue weighted by Crippen LogP contribution is 2.44. The first-order valence-corrected chi connectivity index (χ1v) is 9.41. The number of Topliss-reactive ketones (excluding diaryl/α,β-unsaturated/α-hetero) is 1. The van der Waals surface area contributed by atoms with Crippen molar-refractivity contribution in [1.29, 1.82) is 0 Å². The number of aromatic nitrogens is 3. The Balaban J connectivity index is 1.59. The van der Waals surface area contributed by atoms with Crippen LogP contribution < -0.4 is 5.32 Å². The van der Waals surface area contributed by atoms with E-state index in [1.165, 1.54) is 18.5 Å². The molecule has 28 heavy (non-hydrogen) atoms. The molecule has 1 N–H and O–H groups in total. The molecule has 0 radical (unpaired) electrons. The molecule has 2 heterocycles. The quantitative estimate of drug-likeness (QED) is 0.695. The fraction of sp³-hybridized carbons (Fsp3) is 0.190. The molecule has 0 spiro atoms. The Morgan fingerprint density at radius 1 is 1.11 bits per heavy atom. The fourth-order valence-electron chi connectivity index (χ4n) is 4.11. The summed E-state index contributed by atoms with van der Waals surface area (Å²) in [4.78, 5) is 17.5. The SMILES string of the molecule is O=C1CC(c2ccc(F)cc2)CC2=C1C(c1cccc(Cl)c1)n1ncnc1N2. The lowest BCUT2D eigenvalue weighted by Crippen LogP contribution is -2.33. The Morgan fingerprint density at radius 3 is 2.71 bits per heavy atom. The van der Waals surface area contributed by atoms with E-state index >= 15 is 0 Å². The van der Waals surface area contributed by atoms with Gasteiger partial charge in [0, 0.05) is 22.7 Å². The van der Waals surface area contributed by atoms with Gasteiger partial charge in [0.1, 0.15) is 18.2 Å². The summed E-state index contributed by atoms with van der Waals surface area (Å²) >= 11 is 6.20. The zero-order chi connectivity index (χ0) is 19.3. The maximum atomic E-state index is 13.3. The Morgan fingerprint density at radius 2 is 1.93 bits per heavy atom. The largest absolute Gasteiger partial charge is 0.328 e. The van der Waals surface area contributed by atoms with E-state index in [4.69, 9.17) is 11.6 Å². The molecule has 1 aromatic heterocycles. The van der Waals surface area contributed by atoms with Crippen LogP contribution in [0.15, 0.2) is 66.1 Å². The number of nitrogens with one attached hydrogen (secondary N) is 1. The number of rotatable bonds is 2. The molecule has 0 bridgehead atoms. The van der Waals surface area contributed by atoms with E-state index in [0.29, 0.717) is 29.4 Å². The smallest absolute Gasteiger partial charge is 0.226 e. The Kier molecular flexibility index (Phi) is 4.02. The summed E-state index contributed by atoms with van der Waals surface area (Å²) in [5, 5.41) is 8.21. The molecule has 1 aliphatic heterocycles. The molecule has 2 aliphatic rings. The minimum Gasteiger partial charge on any atom is -0.328 e. The van der Waals surface area contributed by atoms with E-state index in [1.54, 1.807) is 22.9 Å². The minimum atomic E-state index is -0.367. The number of hydrogen-bond acceptors (Lipinski definition) is 4. The first-order valence-electron chi connectivity index (χ1n) is 9.04. The number of fused-ring (bicyclic) bond motifs is 1. The van der Waals surface area contributed by atoms with Crippen LogP contribution in [0.25, 0.3) is 0 Å². The van der Waals surface area contributed by atoms with E-state index in [-0.39, 0.29) is 23.6 Å². The van der Waals surface area contributed by atoms with Gasteiger partial charge in [-0.25, -0.2) is 9.07 Å². The molecular weight excluding hydrogens is 379 g/mol. The predicted molar refractivity (Wildman–Crippen MR) is 104 cm³/mol. The summed E-state index contributed by atoms with van der Waals surface area (Å²) in [5.41, 5.74) is 3.38. The summed E-state index contributed by atoms with van der Waals surface area (Å²) in [7, 11) is 0. The van der Waals surface area contributed by atoms with Crippen molar-refractivity contribution in [3.8, 4) is 0 Å². The maximum Gasteiger partial charge on any atom is 0.226 e. The van der Waals surface area contributed by atoms with Gasteiger partial charge in [0.15, 0.2) is 5.78 Å². The number of carbonyl (C=O) groups excluding carboxylic acids is 1. The van der Waals surface area contributed by atoms with Crippen LogP contribution in [0.3, 0.4) is 0 Å². The van der Waals surface area contributed by atoms with Crippen LogP contribution in [-0.4, -0.2) is 20.5 Å². The molecule has 0 saturated carbocycles. The molecule has 5 nitrogen and oxygen atoms in total. The zero-order valence-electron chi connectivity index (χ0n) is 14.8. The van der Waals surface area contributed by atoms with Crippen molar-refractivity contribution in [3.05, 3.63) is 88.1 Å². The average Bonchev–Trinajstić information content (AvgIpc) is 3.15. The monoisotopic (exact) mass is 394 g/mol. The van der Waals surface area contributed by atoms with Crippen LogP contribution in [-0.2, 0) is 4.79 Å². The van der Waals surface area contributed by atoms with Crippen LogP contribution in [0.2, 0.25) is 5.02 Å². The van der Waals surface area contributed by atoms with Crippen molar-refractivity contribution in [2.24, 2.45) is 0 Å². The van der Waals surface area contributed by atoms with Crippen molar-refractivity contribution in [2.45, 2.75) is 24.8 Å². The summed E-state index contributed by atoms with van der Waals surface area (Å²) in [6.45, 7) is 0. The first-order chi connectivity index (χ1) is 13.6. The number of ketones is 1. The lowest BCUT2D eigenvalue weighted by Gasteiger charge is -2.35. The van der Waals surface area contributed by atoms with Crippen molar-refractivity contribution >= 4 is 23.3 Å². The number of nitrogens with zero attached hydrogens (tertiary/aromatic N) is 3. The predicted octanol–water partition coefficient (Wildman–Crippen LogP) is 4.49. The highest BCUT2D eigenvalue weighted by atomic mass is 35.5. The standard InChI is InChI=1S/C21H16ClFN4O/c22-15-3-1-2-13(8-15)20-19-17(26-21-24-11-25-27(20)21)9-14(10-18(19)28)12-4-6-16(23)7-5-12/h1-8,11,14,20H,9-10H2,(H,24,25,26). The molecule has 1 aliphatic carbocycles. The highest BCUT2D eigenvalue weighted by Gasteiger charge is 2.39. The summed E-state index contributed by atoms with van der Waals surface area (Å²) in [6, 6.07) is 13.5. The van der Waals surface area contributed by atoms with Crippen molar-refractivity contribution in [3.63, 3.8) is 0 Å². The Hall–Kier alpha value is -2.99. The van der Waals surface area contributed by atoms with Gasteiger partial charge in [-0.2, -0.15) is 10.1 Å². The molecule has 0 fully saturated rings. The van der Waals surface area contributed by atoms with E-state index in [0.717, 1.165) is 16.8 Å². The van der Waals surface area contributed by atoms with Gasteiger partial charge in [-0.1, -0.05) is 35.9 Å².